The SMILES string of the molecule is COc1ccccc1C(CO)O[C@@H]1C[C@H]2COC[C@H]2C1. The Labute approximate surface area is 119 Å². The van der Waals surface area contributed by atoms with Gasteiger partial charge in [-0.05, 0) is 30.7 Å². The molecule has 1 unspecified atom stereocenters. The van der Waals surface area contributed by atoms with Gasteiger partial charge in [-0.25, -0.2) is 0 Å². The van der Waals surface area contributed by atoms with Crippen LogP contribution in [0.4, 0.5) is 0 Å². The highest BCUT2D eigenvalue weighted by Crippen LogP contribution is 2.40. The molecule has 0 bridgehead atoms. The van der Waals surface area contributed by atoms with Crippen molar-refractivity contribution < 1.29 is 19.3 Å². The summed E-state index contributed by atoms with van der Waals surface area (Å²) in [5.74, 6) is 2.04. The zero-order valence-electron chi connectivity index (χ0n) is 11.8. The van der Waals surface area contributed by atoms with E-state index in [1.54, 1.807) is 7.11 Å². The van der Waals surface area contributed by atoms with Crippen molar-refractivity contribution >= 4 is 0 Å². The van der Waals surface area contributed by atoms with Gasteiger partial charge < -0.3 is 19.3 Å². The Balaban J connectivity index is 1.68. The van der Waals surface area contributed by atoms with E-state index in [-0.39, 0.29) is 18.8 Å². The number of ether oxygens (including phenoxy) is 3. The minimum absolute atomic E-state index is 0.0251. The van der Waals surface area contributed by atoms with E-state index in [0.717, 1.165) is 37.4 Å². The molecule has 4 nitrogen and oxygen atoms in total. The summed E-state index contributed by atoms with van der Waals surface area (Å²) in [5.41, 5.74) is 0.922. The molecule has 1 aromatic carbocycles. The fourth-order valence-electron chi connectivity index (χ4n) is 3.43. The number of aliphatic hydroxyl groups excluding tert-OH is 1. The molecule has 0 aromatic heterocycles. The first-order chi connectivity index (χ1) is 9.81. The van der Waals surface area contributed by atoms with Gasteiger partial charge in [0.05, 0.1) is 19.8 Å². The fourth-order valence-corrected chi connectivity index (χ4v) is 3.43. The topological polar surface area (TPSA) is 47.9 Å². The second-order valence-corrected chi connectivity index (χ2v) is 5.70. The van der Waals surface area contributed by atoms with E-state index < -0.39 is 0 Å². The monoisotopic (exact) mass is 278 g/mol. The first-order valence-corrected chi connectivity index (χ1v) is 7.28. The average Bonchev–Trinajstić information content (AvgIpc) is 3.05. The normalized spacial score (nSPS) is 30.2. The smallest absolute Gasteiger partial charge is 0.124 e. The maximum Gasteiger partial charge on any atom is 0.124 e. The Morgan fingerprint density at radius 3 is 2.60 bits per heavy atom. The Bertz CT molecular complexity index is 436. The number of para-hydroxylation sites is 1. The van der Waals surface area contributed by atoms with Gasteiger partial charge in [0.25, 0.3) is 0 Å². The van der Waals surface area contributed by atoms with E-state index >= 15 is 0 Å². The fraction of sp³-hybridized carbons (Fsp3) is 0.625. The van der Waals surface area contributed by atoms with Crippen molar-refractivity contribution in [2.24, 2.45) is 11.8 Å². The molecule has 0 amide bonds. The number of aliphatic hydroxyl groups is 1. The molecule has 20 heavy (non-hydrogen) atoms. The predicted molar refractivity (Wildman–Crippen MR) is 74.7 cm³/mol. The van der Waals surface area contributed by atoms with Crippen molar-refractivity contribution in [1.82, 2.24) is 0 Å². The van der Waals surface area contributed by atoms with Crippen LogP contribution in [0.3, 0.4) is 0 Å². The molecule has 1 aromatic rings. The van der Waals surface area contributed by atoms with Crippen molar-refractivity contribution in [3.8, 4) is 5.75 Å². The number of benzene rings is 1. The number of hydrogen-bond acceptors (Lipinski definition) is 4. The third-order valence-corrected chi connectivity index (χ3v) is 4.47. The van der Waals surface area contributed by atoms with Crippen LogP contribution >= 0.6 is 0 Å². The lowest BCUT2D eigenvalue weighted by molar-refractivity contribution is -0.0450. The van der Waals surface area contributed by atoms with Gasteiger partial charge >= 0.3 is 0 Å². The minimum Gasteiger partial charge on any atom is -0.496 e. The van der Waals surface area contributed by atoms with Gasteiger partial charge in [-0.15, -0.1) is 0 Å². The van der Waals surface area contributed by atoms with Crippen molar-refractivity contribution in [2.45, 2.75) is 25.0 Å². The highest BCUT2D eigenvalue weighted by atomic mass is 16.5. The number of methoxy groups -OCH3 is 1. The van der Waals surface area contributed by atoms with Crippen LogP contribution < -0.4 is 4.74 Å². The highest BCUT2D eigenvalue weighted by molar-refractivity contribution is 5.35. The number of fused-ring (bicyclic) bond motifs is 1. The molecule has 1 saturated carbocycles. The lowest BCUT2D eigenvalue weighted by Crippen LogP contribution is -2.18. The van der Waals surface area contributed by atoms with Crippen LogP contribution in [0, 0.1) is 11.8 Å². The van der Waals surface area contributed by atoms with Gasteiger partial charge in [0, 0.05) is 18.8 Å². The van der Waals surface area contributed by atoms with Crippen LogP contribution in [0.25, 0.3) is 0 Å². The molecule has 1 heterocycles. The van der Waals surface area contributed by atoms with Crippen LogP contribution in [0.5, 0.6) is 5.75 Å². The summed E-state index contributed by atoms with van der Waals surface area (Å²) in [5, 5.41) is 9.66. The molecule has 1 saturated heterocycles. The van der Waals surface area contributed by atoms with Gasteiger partial charge in [-0.3, -0.25) is 0 Å². The summed E-state index contributed by atoms with van der Waals surface area (Å²) in [6.07, 6.45) is 1.99. The van der Waals surface area contributed by atoms with Gasteiger partial charge in [0.15, 0.2) is 0 Å². The van der Waals surface area contributed by atoms with Gasteiger partial charge in [0.2, 0.25) is 0 Å². The van der Waals surface area contributed by atoms with Crippen LogP contribution in [-0.2, 0) is 9.47 Å². The predicted octanol–water partition coefficient (Wildman–Crippen LogP) is 2.17. The van der Waals surface area contributed by atoms with E-state index in [9.17, 15) is 5.11 Å². The first kappa shape index (κ1) is 13.9. The summed E-state index contributed by atoms with van der Waals surface area (Å²) in [6.45, 7) is 1.70. The first-order valence-electron chi connectivity index (χ1n) is 7.28. The van der Waals surface area contributed by atoms with Crippen LogP contribution in [0.15, 0.2) is 24.3 Å². The molecule has 110 valence electrons. The summed E-state index contributed by atoms with van der Waals surface area (Å²) < 4.78 is 17.0. The van der Waals surface area contributed by atoms with Crippen molar-refractivity contribution in [3.63, 3.8) is 0 Å². The molecule has 4 heteroatoms. The zero-order valence-corrected chi connectivity index (χ0v) is 11.8. The third kappa shape index (κ3) is 2.68. The van der Waals surface area contributed by atoms with Crippen LogP contribution in [0.1, 0.15) is 24.5 Å². The minimum atomic E-state index is -0.309. The quantitative estimate of drug-likeness (QED) is 0.896. The van der Waals surface area contributed by atoms with E-state index in [0.29, 0.717) is 11.8 Å². The van der Waals surface area contributed by atoms with Crippen LogP contribution in [-0.4, -0.2) is 38.1 Å². The molecule has 1 aliphatic heterocycles. The molecule has 0 spiro atoms. The van der Waals surface area contributed by atoms with Gasteiger partial charge in [0.1, 0.15) is 11.9 Å². The summed E-state index contributed by atoms with van der Waals surface area (Å²) in [7, 11) is 1.64. The average molecular weight is 278 g/mol. The molecule has 1 aliphatic carbocycles. The van der Waals surface area contributed by atoms with E-state index in [4.69, 9.17) is 14.2 Å². The number of hydrogen-bond donors (Lipinski definition) is 1. The largest absolute Gasteiger partial charge is 0.496 e. The van der Waals surface area contributed by atoms with Gasteiger partial charge in [-0.2, -0.15) is 0 Å². The highest BCUT2D eigenvalue weighted by Gasteiger charge is 2.39. The van der Waals surface area contributed by atoms with Crippen molar-refractivity contribution in [1.29, 1.82) is 0 Å². The summed E-state index contributed by atoms with van der Waals surface area (Å²) >= 11 is 0. The van der Waals surface area contributed by atoms with Crippen molar-refractivity contribution in [3.05, 3.63) is 29.8 Å². The van der Waals surface area contributed by atoms with Gasteiger partial charge in [-0.1, -0.05) is 18.2 Å². The standard InChI is InChI=1S/C16H22O4/c1-18-15-5-3-2-4-14(15)16(8-17)20-13-6-11-9-19-10-12(11)7-13/h2-5,11-13,16-17H,6-10H2,1H3/t11-,12+,13+,16?. The molecule has 3 rings (SSSR count). The molecular formula is C16H22O4. The molecule has 2 fully saturated rings. The van der Waals surface area contributed by atoms with E-state index in [1.165, 1.54) is 0 Å². The molecule has 0 radical (unpaired) electrons. The molecule has 1 N–H and O–H groups in total. The van der Waals surface area contributed by atoms with Crippen LogP contribution in [0.2, 0.25) is 0 Å². The van der Waals surface area contributed by atoms with E-state index in [2.05, 4.69) is 0 Å². The Kier molecular flexibility index (Phi) is 4.24. The van der Waals surface area contributed by atoms with Crippen molar-refractivity contribution in [2.75, 3.05) is 26.9 Å². The lowest BCUT2D eigenvalue weighted by Gasteiger charge is -2.23. The zero-order chi connectivity index (χ0) is 13.9. The molecular weight excluding hydrogens is 256 g/mol. The molecule has 4 atom stereocenters. The summed E-state index contributed by atoms with van der Waals surface area (Å²) in [4.78, 5) is 0. The summed E-state index contributed by atoms with van der Waals surface area (Å²) in [6, 6.07) is 7.73. The Morgan fingerprint density at radius 2 is 1.95 bits per heavy atom. The Hall–Kier alpha value is -1.10. The second kappa shape index (κ2) is 6.12. The van der Waals surface area contributed by atoms with E-state index in [1.807, 2.05) is 24.3 Å². The third-order valence-electron chi connectivity index (χ3n) is 4.47. The second-order valence-electron chi connectivity index (χ2n) is 5.70. The molecule has 2 aliphatic rings. The lowest BCUT2D eigenvalue weighted by atomic mass is 10.0. The maximum atomic E-state index is 9.66. The number of rotatable bonds is 5. The Morgan fingerprint density at radius 1 is 1.25 bits per heavy atom. The maximum absolute atomic E-state index is 9.66.